The van der Waals surface area contributed by atoms with Crippen molar-refractivity contribution < 1.29 is 9.02 Å². The highest BCUT2D eigenvalue weighted by Crippen LogP contribution is 2.10. The van der Waals surface area contributed by atoms with Gasteiger partial charge in [-0.15, -0.1) is 0 Å². The number of benzene rings is 1. The smallest absolute Gasteiger partial charge is 0.191 e. The number of rotatable bonds is 9. The summed E-state index contributed by atoms with van der Waals surface area (Å²) in [6.45, 7) is 22.7. The molecule has 1 aromatic carbocycles. The van der Waals surface area contributed by atoms with Crippen LogP contribution in [0.4, 0.5) is 10.2 Å². The lowest BCUT2D eigenvalue weighted by Crippen LogP contribution is -2.42. The van der Waals surface area contributed by atoms with Crippen molar-refractivity contribution in [3.63, 3.8) is 0 Å². The quantitative estimate of drug-likeness (QED) is 0.402. The summed E-state index contributed by atoms with van der Waals surface area (Å²) >= 11 is 0. The average molecular weight is 485 g/mol. The number of nitrogens with one attached hydrogen (secondary N) is 3. The number of hydrogen-bond acceptors (Lipinski definition) is 7. The molecule has 0 spiro atoms. The predicted molar refractivity (Wildman–Crippen MR) is 143 cm³/mol. The van der Waals surface area contributed by atoms with E-state index in [9.17, 15) is 4.39 Å². The fourth-order valence-electron chi connectivity index (χ4n) is 3.04. The highest BCUT2D eigenvalue weighted by molar-refractivity contribution is 5.31. The van der Waals surface area contributed by atoms with Crippen LogP contribution in [0.3, 0.4) is 0 Å². The van der Waals surface area contributed by atoms with E-state index in [-0.39, 0.29) is 5.83 Å². The molecular formula is C27H41FN6O. The number of anilines is 1. The van der Waals surface area contributed by atoms with Crippen LogP contribution < -0.4 is 16.0 Å². The summed E-state index contributed by atoms with van der Waals surface area (Å²) in [7, 11) is 0. The van der Waals surface area contributed by atoms with Gasteiger partial charge in [-0.3, -0.25) is 4.90 Å². The molecule has 7 nitrogen and oxygen atoms in total. The van der Waals surface area contributed by atoms with Crippen molar-refractivity contribution >= 4 is 5.82 Å². The zero-order valence-electron chi connectivity index (χ0n) is 21.8. The lowest BCUT2D eigenvalue weighted by atomic mass is 10.1. The van der Waals surface area contributed by atoms with E-state index in [4.69, 9.17) is 0 Å². The Morgan fingerprint density at radius 1 is 1.09 bits per heavy atom. The van der Waals surface area contributed by atoms with E-state index in [1.807, 2.05) is 27.7 Å². The van der Waals surface area contributed by atoms with E-state index in [1.165, 1.54) is 17.2 Å². The van der Waals surface area contributed by atoms with Crippen molar-refractivity contribution in [2.75, 3.05) is 31.5 Å². The van der Waals surface area contributed by atoms with E-state index in [0.29, 0.717) is 11.4 Å². The molecule has 1 aromatic heterocycles. The van der Waals surface area contributed by atoms with Crippen LogP contribution in [-0.4, -0.2) is 41.4 Å². The minimum absolute atomic E-state index is 0.303. The monoisotopic (exact) mass is 484 g/mol. The normalized spacial score (nSPS) is 14.1. The molecule has 8 heteroatoms. The van der Waals surface area contributed by atoms with E-state index < -0.39 is 0 Å². The fraction of sp³-hybridized carbons (Fsp3) is 0.407. The van der Waals surface area contributed by atoms with Crippen LogP contribution in [0, 0.1) is 0 Å². The first-order valence-electron chi connectivity index (χ1n) is 12.0. The largest absolute Gasteiger partial charge is 0.363 e. The summed E-state index contributed by atoms with van der Waals surface area (Å²) in [5, 5.41) is 16.8. The Bertz CT molecular complexity index is 929. The lowest BCUT2D eigenvalue weighted by molar-refractivity contribution is 0.233. The van der Waals surface area contributed by atoms with Crippen LogP contribution in [-0.2, 0) is 13.1 Å². The minimum atomic E-state index is -0.303. The van der Waals surface area contributed by atoms with Gasteiger partial charge in [0.1, 0.15) is 12.0 Å². The molecule has 0 aliphatic carbocycles. The first-order valence-corrected chi connectivity index (χ1v) is 12.0. The second-order valence-electron chi connectivity index (χ2n) is 8.04. The van der Waals surface area contributed by atoms with E-state index in [0.717, 1.165) is 50.7 Å². The van der Waals surface area contributed by atoms with Gasteiger partial charge in [0.25, 0.3) is 0 Å². The molecule has 1 fully saturated rings. The molecule has 0 atom stereocenters. The summed E-state index contributed by atoms with van der Waals surface area (Å²) in [6.07, 6.45) is 4.60. The maximum Gasteiger partial charge on any atom is 0.191 e. The molecule has 1 saturated heterocycles. The van der Waals surface area contributed by atoms with Crippen molar-refractivity contribution in [3.8, 4) is 0 Å². The molecule has 2 aromatic rings. The van der Waals surface area contributed by atoms with E-state index >= 15 is 0 Å². The van der Waals surface area contributed by atoms with Crippen LogP contribution in [0.5, 0.6) is 0 Å². The third-order valence-electron chi connectivity index (χ3n) is 4.77. The maximum atomic E-state index is 12.9. The molecule has 2 heterocycles. The van der Waals surface area contributed by atoms with Gasteiger partial charge >= 0.3 is 0 Å². The second-order valence-corrected chi connectivity index (χ2v) is 8.04. The van der Waals surface area contributed by atoms with Crippen molar-refractivity contribution in [2.24, 2.45) is 0 Å². The number of aromatic nitrogens is 2. The summed E-state index contributed by atoms with van der Waals surface area (Å²) < 4.78 is 17.4. The zero-order valence-corrected chi connectivity index (χ0v) is 21.8. The molecule has 1 aliphatic heterocycles. The number of piperazine rings is 1. The van der Waals surface area contributed by atoms with Crippen LogP contribution in [0.2, 0.25) is 0 Å². The van der Waals surface area contributed by atoms with Gasteiger partial charge in [0.15, 0.2) is 5.82 Å². The maximum absolute atomic E-state index is 12.9. The average Bonchev–Trinajstić information content (AvgIpc) is 3.38. The predicted octanol–water partition coefficient (Wildman–Crippen LogP) is 5.56. The highest BCUT2D eigenvalue weighted by atomic mass is 19.1. The first-order chi connectivity index (χ1) is 16.8. The number of allylic oxidation sites excluding steroid dienone is 6. The van der Waals surface area contributed by atoms with Gasteiger partial charge in [0, 0.05) is 50.7 Å². The number of hydrogen-bond donors (Lipinski definition) is 3. The molecule has 0 radical (unpaired) electrons. The van der Waals surface area contributed by atoms with Crippen LogP contribution in [0.25, 0.3) is 0 Å². The Labute approximate surface area is 209 Å². The van der Waals surface area contributed by atoms with Crippen LogP contribution in [0.1, 0.15) is 45.7 Å². The van der Waals surface area contributed by atoms with Gasteiger partial charge < -0.3 is 16.0 Å². The zero-order chi connectivity index (χ0) is 26.1. The number of halogens is 1. The Morgan fingerprint density at radius 2 is 1.71 bits per heavy atom. The van der Waals surface area contributed by atoms with Crippen molar-refractivity contribution in [2.45, 2.75) is 47.7 Å². The lowest BCUT2D eigenvalue weighted by Gasteiger charge is -2.27. The molecule has 192 valence electrons. The molecule has 1 aliphatic rings. The molecule has 0 unspecified atom stereocenters. The summed E-state index contributed by atoms with van der Waals surface area (Å²) in [5.74, 6) is 0.359. The van der Waals surface area contributed by atoms with Crippen LogP contribution in [0.15, 0.2) is 83.2 Å². The van der Waals surface area contributed by atoms with Gasteiger partial charge in [0.05, 0.1) is 0 Å². The number of nitrogens with zero attached hydrogens (tertiary/aromatic N) is 3. The molecule has 0 saturated carbocycles. The Morgan fingerprint density at radius 3 is 2.26 bits per heavy atom. The summed E-state index contributed by atoms with van der Waals surface area (Å²) in [4.78, 5) is 2.48. The van der Waals surface area contributed by atoms with Crippen molar-refractivity contribution in [3.05, 3.63) is 89.7 Å². The van der Waals surface area contributed by atoms with Gasteiger partial charge in [-0.25, -0.2) is 9.02 Å². The van der Waals surface area contributed by atoms with E-state index in [1.54, 1.807) is 19.2 Å². The Balaban J connectivity index is 0.000000357. The molecule has 0 bridgehead atoms. The van der Waals surface area contributed by atoms with Crippen molar-refractivity contribution in [1.29, 1.82) is 0 Å². The summed E-state index contributed by atoms with van der Waals surface area (Å²) in [6, 6.07) is 8.69. The van der Waals surface area contributed by atoms with Gasteiger partial charge in [-0.1, -0.05) is 56.4 Å². The fourth-order valence-corrected chi connectivity index (χ4v) is 3.04. The summed E-state index contributed by atoms with van der Waals surface area (Å²) in [5.41, 5.74) is 4.69. The van der Waals surface area contributed by atoms with Gasteiger partial charge in [0.2, 0.25) is 0 Å². The van der Waals surface area contributed by atoms with Crippen LogP contribution >= 0.6 is 0 Å². The second kappa shape index (κ2) is 17.2. The molecular weight excluding hydrogens is 443 g/mol. The Kier molecular flexibility index (Phi) is 14.7. The van der Waals surface area contributed by atoms with Gasteiger partial charge in [-0.2, -0.15) is 0 Å². The molecule has 3 N–H and O–H groups in total. The first kappa shape index (κ1) is 29.8. The third kappa shape index (κ3) is 13.3. The van der Waals surface area contributed by atoms with Crippen molar-refractivity contribution in [1.82, 2.24) is 25.8 Å². The SMILES string of the molecule is C=C(C)N/C(C)=C/C=C(/F)C(=C)C.CC.c1cc(CN2CCNCC2)ccc1CNc1cnon1. The van der Waals surface area contributed by atoms with E-state index in [2.05, 4.69) is 73.2 Å². The molecule has 0 amide bonds. The highest BCUT2D eigenvalue weighted by Gasteiger charge is 2.09. The Hall–Kier alpha value is -3.23. The van der Waals surface area contributed by atoms with Gasteiger partial charge in [-0.05, 0) is 54.8 Å². The minimum Gasteiger partial charge on any atom is -0.363 e. The molecule has 3 rings (SSSR count). The standard InChI is InChI=1S/C14H19N5O.C11H16FN.C2H6/c1-3-13(11-19-7-5-15-6-8-19)4-2-12(1)9-16-14-10-17-20-18-14;1-8(2)11(12)7-6-10(5)13-9(3)4;1-2/h1-4,10,15H,5-9,11H2,(H,16,18);6-7,13H,1,3H2,2,4-5H3;1-2H3/b;10-6+,11-7+;. The topological polar surface area (TPSA) is 78.2 Å². The molecule has 35 heavy (non-hydrogen) atoms. The third-order valence-corrected chi connectivity index (χ3v) is 4.77.